The van der Waals surface area contributed by atoms with E-state index in [9.17, 15) is 8.78 Å². The van der Waals surface area contributed by atoms with E-state index in [-0.39, 0.29) is 11.8 Å². The third kappa shape index (κ3) is 4.25. The van der Waals surface area contributed by atoms with Gasteiger partial charge in [-0.2, -0.15) is 14.0 Å². The molecule has 1 aromatic carbocycles. The van der Waals surface area contributed by atoms with Crippen LogP contribution in [-0.4, -0.2) is 6.61 Å². The molecule has 3 nitrogen and oxygen atoms in total. The second-order valence-corrected chi connectivity index (χ2v) is 5.43. The van der Waals surface area contributed by atoms with Crippen LogP contribution in [-0.2, 0) is 6.54 Å². The Balaban J connectivity index is 2.03. The van der Waals surface area contributed by atoms with Crippen LogP contribution in [0.3, 0.4) is 0 Å². The number of nitriles is 1. The van der Waals surface area contributed by atoms with Gasteiger partial charge in [0.2, 0.25) is 0 Å². The highest BCUT2D eigenvalue weighted by atomic mass is 32.1. The van der Waals surface area contributed by atoms with Gasteiger partial charge in [0.15, 0.2) is 0 Å². The fourth-order valence-corrected chi connectivity index (χ4v) is 2.70. The standard InChI is InChI=1S/C15H14F2N2OS/c1-10(19-8-12-6-11(7-18)9-21-12)13-4-2-3-5-14(13)20-15(16)17/h2-6,9-10,15,19H,8H2,1H3. The van der Waals surface area contributed by atoms with Crippen molar-refractivity contribution < 1.29 is 13.5 Å². The molecule has 0 radical (unpaired) electrons. The summed E-state index contributed by atoms with van der Waals surface area (Å²) in [4.78, 5) is 1.02. The van der Waals surface area contributed by atoms with Crippen molar-refractivity contribution in [1.29, 1.82) is 5.26 Å². The van der Waals surface area contributed by atoms with E-state index in [0.29, 0.717) is 17.7 Å². The lowest BCUT2D eigenvalue weighted by atomic mass is 10.1. The molecular weight excluding hydrogens is 294 g/mol. The molecule has 1 heterocycles. The molecule has 110 valence electrons. The fourth-order valence-electron chi connectivity index (χ4n) is 1.94. The molecule has 2 rings (SSSR count). The largest absolute Gasteiger partial charge is 0.434 e. The van der Waals surface area contributed by atoms with Gasteiger partial charge >= 0.3 is 6.61 Å². The molecule has 0 spiro atoms. The van der Waals surface area contributed by atoms with E-state index >= 15 is 0 Å². The van der Waals surface area contributed by atoms with Crippen LogP contribution in [0.4, 0.5) is 8.78 Å². The average molecular weight is 308 g/mol. The molecular formula is C15H14F2N2OS. The highest BCUT2D eigenvalue weighted by molar-refractivity contribution is 7.10. The Morgan fingerprint density at radius 1 is 1.38 bits per heavy atom. The quantitative estimate of drug-likeness (QED) is 0.875. The molecule has 0 saturated carbocycles. The number of alkyl halides is 2. The molecule has 0 fully saturated rings. The zero-order valence-electron chi connectivity index (χ0n) is 11.3. The van der Waals surface area contributed by atoms with Crippen molar-refractivity contribution in [3.8, 4) is 11.8 Å². The molecule has 6 heteroatoms. The number of thiophene rings is 1. The fraction of sp³-hybridized carbons (Fsp3) is 0.267. The molecule has 0 bridgehead atoms. The maximum atomic E-state index is 12.4. The lowest BCUT2D eigenvalue weighted by molar-refractivity contribution is -0.0506. The summed E-state index contributed by atoms with van der Waals surface area (Å²) >= 11 is 1.49. The van der Waals surface area contributed by atoms with Crippen LogP contribution >= 0.6 is 11.3 Å². The number of nitrogens with zero attached hydrogens (tertiary/aromatic N) is 1. The summed E-state index contributed by atoms with van der Waals surface area (Å²) in [6.07, 6.45) is 0. The smallest absolute Gasteiger partial charge is 0.387 e. The van der Waals surface area contributed by atoms with Crippen LogP contribution in [0.1, 0.15) is 29.0 Å². The topological polar surface area (TPSA) is 45.0 Å². The number of benzene rings is 1. The first kappa shape index (κ1) is 15.4. The molecule has 1 aromatic heterocycles. The number of hydrogen-bond acceptors (Lipinski definition) is 4. The van der Waals surface area contributed by atoms with E-state index in [1.807, 2.05) is 13.0 Å². The molecule has 2 aromatic rings. The van der Waals surface area contributed by atoms with E-state index in [2.05, 4.69) is 16.1 Å². The third-order valence-electron chi connectivity index (χ3n) is 2.97. The van der Waals surface area contributed by atoms with E-state index < -0.39 is 6.61 Å². The van der Waals surface area contributed by atoms with Crippen molar-refractivity contribution in [2.75, 3.05) is 0 Å². The second-order valence-electron chi connectivity index (χ2n) is 4.43. The van der Waals surface area contributed by atoms with Crippen molar-refractivity contribution in [3.63, 3.8) is 0 Å². The Hall–Kier alpha value is -1.97. The molecule has 0 aliphatic carbocycles. The van der Waals surface area contributed by atoms with Gasteiger partial charge in [0, 0.05) is 28.4 Å². The number of nitrogens with one attached hydrogen (secondary N) is 1. The first-order chi connectivity index (χ1) is 10.1. The van der Waals surface area contributed by atoms with Crippen LogP contribution in [0, 0.1) is 11.3 Å². The van der Waals surface area contributed by atoms with Gasteiger partial charge in [-0.3, -0.25) is 0 Å². The normalized spacial score (nSPS) is 12.1. The Labute approximate surface area is 125 Å². The zero-order chi connectivity index (χ0) is 15.2. The minimum atomic E-state index is -2.84. The van der Waals surface area contributed by atoms with Gasteiger partial charge in [-0.15, -0.1) is 11.3 Å². The van der Waals surface area contributed by atoms with Crippen molar-refractivity contribution >= 4 is 11.3 Å². The highest BCUT2D eigenvalue weighted by Gasteiger charge is 2.14. The number of rotatable bonds is 6. The number of hydrogen-bond donors (Lipinski definition) is 1. The van der Waals surface area contributed by atoms with Gasteiger partial charge in [-0.05, 0) is 19.1 Å². The zero-order valence-corrected chi connectivity index (χ0v) is 12.2. The van der Waals surface area contributed by atoms with Gasteiger partial charge < -0.3 is 10.1 Å². The molecule has 21 heavy (non-hydrogen) atoms. The number of halogens is 2. The summed E-state index contributed by atoms with van der Waals surface area (Å²) in [6.45, 7) is -0.392. The van der Waals surface area contributed by atoms with Crippen molar-refractivity contribution in [2.45, 2.75) is 26.1 Å². The minimum absolute atomic E-state index is 0.146. The molecule has 1 unspecified atom stereocenters. The molecule has 0 saturated heterocycles. The molecule has 0 aliphatic heterocycles. The van der Waals surface area contributed by atoms with Crippen LogP contribution in [0.2, 0.25) is 0 Å². The maximum Gasteiger partial charge on any atom is 0.387 e. The van der Waals surface area contributed by atoms with Crippen molar-refractivity contribution in [3.05, 3.63) is 51.7 Å². The van der Waals surface area contributed by atoms with Gasteiger partial charge in [0.25, 0.3) is 0 Å². The Bertz CT molecular complexity index is 637. The lowest BCUT2D eigenvalue weighted by Crippen LogP contribution is -2.19. The Morgan fingerprint density at radius 2 is 2.14 bits per heavy atom. The first-order valence-corrected chi connectivity index (χ1v) is 7.22. The first-order valence-electron chi connectivity index (χ1n) is 6.34. The van der Waals surface area contributed by atoms with E-state index in [0.717, 1.165) is 4.88 Å². The molecule has 1 N–H and O–H groups in total. The van der Waals surface area contributed by atoms with E-state index in [1.54, 1.807) is 23.6 Å². The molecule has 0 aliphatic rings. The molecule has 1 atom stereocenters. The second kappa shape index (κ2) is 7.16. The summed E-state index contributed by atoms with van der Waals surface area (Å²) in [5.74, 6) is 0.177. The third-order valence-corrected chi connectivity index (χ3v) is 3.90. The lowest BCUT2D eigenvalue weighted by Gasteiger charge is -2.17. The van der Waals surface area contributed by atoms with E-state index in [4.69, 9.17) is 5.26 Å². The van der Waals surface area contributed by atoms with Gasteiger partial charge in [0.1, 0.15) is 11.8 Å². The van der Waals surface area contributed by atoms with Gasteiger partial charge in [0.05, 0.1) is 5.56 Å². The Kier molecular flexibility index (Phi) is 5.26. The monoisotopic (exact) mass is 308 g/mol. The van der Waals surface area contributed by atoms with Crippen LogP contribution in [0.25, 0.3) is 0 Å². The van der Waals surface area contributed by atoms with E-state index in [1.165, 1.54) is 17.4 Å². The minimum Gasteiger partial charge on any atom is -0.434 e. The summed E-state index contributed by atoms with van der Waals surface area (Å²) in [6, 6.07) is 10.5. The maximum absolute atomic E-state index is 12.4. The van der Waals surface area contributed by atoms with Gasteiger partial charge in [-0.25, -0.2) is 0 Å². The SMILES string of the molecule is CC(NCc1cc(C#N)cs1)c1ccccc1OC(F)F. The highest BCUT2D eigenvalue weighted by Crippen LogP contribution is 2.26. The summed E-state index contributed by atoms with van der Waals surface area (Å²) < 4.78 is 29.3. The van der Waals surface area contributed by atoms with Crippen molar-refractivity contribution in [1.82, 2.24) is 5.32 Å². The van der Waals surface area contributed by atoms with Crippen molar-refractivity contribution in [2.24, 2.45) is 0 Å². The number of para-hydroxylation sites is 1. The average Bonchev–Trinajstić information content (AvgIpc) is 2.93. The molecule has 0 amide bonds. The number of ether oxygens (including phenoxy) is 1. The predicted octanol–water partition coefficient (Wildman–Crippen LogP) is 4.07. The predicted molar refractivity (Wildman–Crippen MR) is 77.4 cm³/mol. The van der Waals surface area contributed by atoms with Gasteiger partial charge in [-0.1, -0.05) is 18.2 Å². The summed E-state index contributed by atoms with van der Waals surface area (Å²) in [5.41, 5.74) is 1.31. The van der Waals surface area contributed by atoms with Crippen LogP contribution < -0.4 is 10.1 Å². The Morgan fingerprint density at radius 3 is 2.81 bits per heavy atom. The summed E-state index contributed by atoms with van der Waals surface area (Å²) in [7, 11) is 0. The summed E-state index contributed by atoms with van der Waals surface area (Å²) in [5, 5.41) is 13.8. The van der Waals surface area contributed by atoms with Crippen LogP contribution in [0.5, 0.6) is 5.75 Å². The van der Waals surface area contributed by atoms with Crippen LogP contribution in [0.15, 0.2) is 35.7 Å².